The van der Waals surface area contributed by atoms with Gasteiger partial charge in [0.2, 0.25) is 11.9 Å². The van der Waals surface area contributed by atoms with Crippen molar-refractivity contribution in [1.82, 2.24) is 30.0 Å². The third-order valence-electron chi connectivity index (χ3n) is 5.23. The predicted octanol–water partition coefficient (Wildman–Crippen LogP) is 3.05. The SMILES string of the molecule is CCCN1CCN(c2nc(C)nc(Nc3nnc(C(=O)Nc4c(C)cccc4Cl)o3)n2)CC1. The highest BCUT2D eigenvalue weighted by molar-refractivity contribution is 6.34. The summed E-state index contributed by atoms with van der Waals surface area (Å²) in [6.07, 6.45) is 1.14. The first-order chi connectivity index (χ1) is 15.9. The summed E-state index contributed by atoms with van der Waals surface area (Å²) in [4.78, 5) is 30.3. The zero-order valence-electron chi connectivity index (χ0n) is 18.8. The van der Waals surface area contributed by atoms with Crippen molar-refractivity contribution in [1.29, 1.82) is 0 Å². The third kappa shape index (κ3) is 5.55. The van der Waals surface area contributed by atoms with Crippen molar-refractivity contribution < 1.29 is 9.21 Å². The van der Waals surface area contributed by atoms with Crippen LogP contribution in [0.3, 0.4) is 0 Å². The highest BCUT2D eigenvalue weighted by Crippen LogP contribution is 2.26. The first-order valence-corrected chi connectivity index (χ1v) is 11.2. The van der Waals surface area contributed by atoms with Gasteiger partial charge in [0.05, 0.1) is 10.7 Å². The summed E-state index contributed by atoms with van der Waals surface area (Å²) in [5.74, 6) is 0.642. The van der Waals surface area contributed by atoms with Gasteiger partial charge in [-0.3, -0.25) is 15.0 Å². The van der Waals surface area contributed by atoms with Crippen molar-refractivity contribution in [2.75, 3.05) is 48.3 Å². The Labute approximate surface area is 196 Å². The molecule has 0 aliphatic carbocycles. The van der Waals surface area contributed by atoms with E-state index in [0.717, 1.165) is 44.7 Å². The van der Waals surface area contributed by atoms with Gasteiger partial charge in [-0.2, -0.15) is 15.0 Å². The summed E-state index contributed by atoms with van der Waals surface area (Å²) >= 11 is 6.17. The molecule has 33 heavy (non-hydrogen) atoms. The molecule has 11 nitrogen and oxygen atoms in total. The quantitative estimate of drug-likeness (QED) is 0.530. The number of aryl methyl sites for hydroxylation is 2. The minimum absolute atomic E-state index is 0.000320. The fourth-order valence-corrected chi connectivity index (χ4v) is 3.84. The smallest absolute Gasteiger partial charge is 0.322 e. The molecular formula is C21H26ClN9O2. The maximum absolute atomic E-state index is 12.5. The number of benzene rings is 1. The number of amides is 1. The van der Waals surface area contributed by atoms with E-state index in [-0.39, 0.29) is 17.9 Å². The van der Waals surface area contributed by atoms with Crippen LogP contribution in [0.25, 0.3) is 0 Å². The highest BCUT2D eigenvalue weighted by Gasteiger charge is 2.21. The number of nitrogens with zero attached hydrogens (tertiary/aromatic N) is 7. The number of rotatable bonds is 7. The van der Waals surface area contributed by atoms with Gasteiger partial charge in [-0.25, -0.2) is 0 Å². The van der Waals surface area contributed by atoms with Gasteiger partial charge in [0.1, 0.15) is 5.82 Å². The molecule has 0 bridgehead atoms. The van der Waals surface area contributed by atoms with Crippen molar-refractivity contribution in [3.8, 4) is 0 Å². The van der Waals surface area contributed by atoms with E-state index in [1.54, 1.807) is 19.1 Å². The van der Waals surface area contributed by atoms with Gasteiger partial charge in [-0.15, -0.1) is 5.10 Å². The summed E-state index contributed by atoms with van der Waals surface area (Å²) < 4.78 is 5.46. The molecule has 174 valence electrons. The van der Waals surface area contributed by atoms with E-state index in [9.17, 15) is 4.79 Å². The van der Waals surface area contributed by atoms with E-state index in [1.807, 2.05) is 13.0 Å². The van der Waals surface area contributed by atoms with Gasteiger partial charge in [0.25, 0.3) is 0 Å². The summed E-state index contributed by atoms with van der Waals surface area (Å²) in [5, 5.41) is 13.7. The fraction of sp³-hybridized carbons (Fsp3) is 0.429. The average Bonchev–Trinajstić information content (AvgIpc) is 3.25. The van der Waals surface area contributed by atoms with Crippen LogP contribution in [0, 0.1) is 13.8 Å². The van der Waals surface area contributed by atoms with Crippen LogP contribution >= 0.6 is 11.6 Å². The topological polar surface area (TPSA) is 125 Å². The standard InChI is InChI=1S/C21H26ClN9O2/c1-4-8-30-9-11-31(12-10-30)20-24-14(3)23-19(26-20)27-21-29-28-18(33-21)17(32)25-16-13(2)6-5-7-15(16)22/h5-7H,4,8-12H2,1-3H3,(H,25,32)(H,23,24,26,27,29). The van der Waals surface area contributed by atoms with Gasteiger partial charge in [-0.1, -0.05) is 35.8 Å². The second kappa shape index (κ2) is 10.1. The van der Waals surface area contributed by atoms with Crippen molar-refractivity contribution >= 4 is 41.1 Å². The molecule has 3 heterocycles. The monoisotopic (exact) mass is 471 g/mol. The molecule has 4 rings (SSSR count). The number of para-hydroxylation sites is 1. The van der Waals surface area contributed by atoms with Crippen LogP contribution < -0.4 is 15.5 Å². The lowest BCUT2D eigenvalue weighted by molar-refractivity contribution is 0.0991. The number of aromatic nitrogens is 5. The molecule has 12 heteroatoms. The molecule has 0 unspecified atom stereocenters. The number of hydrogen-bond acceptors (Lipinski definition) is 10. The normalized spacial score (nSPS) is 14.4. The zero-order valence-corrected chi connectivity index (χ0v) is 19.6. The van der Waals surface area contributed by atoms with E-state index < -0.39 is 5.91 Å². The maximum Gasteiger partial charge on any atom is 0.322 e. The molecule has 1 amide bonds. The van der Waals surface area contributed by atoms with Gasteiger partial charge in [0, 0.05) is 26.2 Å². The Kier molecular flexibility index (Phi) is 6.99. The number of nitrogens with one attached hydrogen (secondary N) is 2. The highest BCUT2D eigenvalue weighted by atomic mass is 35.5. The minimum atomic E-state index is -0.566. The van der Waals surface area contributed by atoms with E-state index in [2.05, 4.69) is 52.5 Å². The molecule has 2 aromatic heterocycles. The first kappa shape index (κ1) is 22.9. The van der Waals surface area contributed by atoms with E-state index in [0.29, 0.717) is 22.5 Å². The van der Waals surface area contributed by atoms with E-state index in [1.165, 1.54) is 0 Å². The Morgan fingerprint density at radius 2 is 1.91 bits per heavy atom. The Bertz CT molecular complexity index is 1110. The summed E-state index contributed by atoms with van der Waals surface area (Å²) in [5.41, 5.74) is 1.31. The van der Waals surface area contributed by atoms with Gasteiger partial charge >= 0.3 is 17.8 Å². The summed E-state index contributed by atoms with van der Waals surface area (Å²) in [6, 6.07) is 5.33. The third-order valence-corrected chi connectivity index (χ3v) is 5.54. The van der Waals surface area contributed by atoms with Crippen molar-refractivity contribution in [3.05, 3.63) is 40.5 Å². The Hall–Kier alpha value is -3.31. The molecule has 1 aliphatic rings. The molecule has 1 aliphatic heterocycles. The van der Waals surface area contributed by atoms with Crippen molar-refractivity contribution in [3.63, 3.8) is 0 Å². The lowest BCUT2D eigenvalue weighted by Gasteiger charge is -2.34. The number of anilines is 4. The van der Waals surface area contributed by atoms with E-state index >= 15 is 0 Å². The number of hydrogen-bond donors (Lipinski definition) is 2. The molecular weight excluding hydrogens is 446 g/mol. The molecule has 0 spiro atoms. The average molecular weight is 472 g/mol. The lowest BCUT2D eigenvalue weighted by Crippen LogP contribution is -2.47. The van der Waals surface area contributed by atoms with Crippen LogP contribution in [0.2, 0.25) is 5.02 Å². The molecule has 3 aromatic rings. The largest absolute Gasteiger partial charge is 0.399 e. The lowest BCUT2D eigenvalue weighted by atomic mass is 10.2. The van der Waals surface area contributed by atoms with Crippen LogP contribution in [-0.4, -0.2) is 68.7 Å². The maximum atomic E-state index is 12.5. The molecule has 1 fully saturated rings. The predicted molar refractivity (Wildman–Crippen MR) is 125 cm³/mol. The molecule has 0 saturated carbocycles. The first-order valence-electron chi connectivity index (χ1n) is 10.8. The molecule has 1 aromatic carbocycles. The fourth-order valence-electron chi connectivity index (χ4n) is 3.57. The van der Waals surface area contributed by atoms with Gasteiger partial charge < -0.3 is 14.6 Å². The van der Waals surface area contributed by atoms with Crippen LogP contribution in [-0.2, 0) is 0 Å². The van der Waals surface area contributed by atoms with Gasteiger partial charge in [0.15, 0.2) is 0 Å². The minimum Gasteiger partial charge on any atom is -0.399 e. The number of halogens is 1. The van der Waals surface area contributed by atoms with Crippen molar-refractivity contribution in [2.24, 2.45) is 0 Å². The van der Waals surface area contributed by atoms with Crippen LogP contribution in [0.5, 0.6) is 0 Å². The summed E-state index contributed by atoms with van der Waals surface area (Å²) in [6.45, 7) is 10.5. The Morgan fingerprint density at radius 3 is 2.64 bits per heavy atom. The number of carbonyl (C=O) groups excluding carboxylic acids is 1. The number of piperazine rings is 1. The second-order valence-electron chi connectivity index (χ2n) is 7.76. The summed E-state index contributed by atoms with van der Waals surface area (Å²) in [7, 11) is 0. The van der Waals surface area contributed by atoms with Crippen LogP contribution in [0.4, 0.5) is 23.6 Å². The Balaban J connectivity index is 1.43. The molecule has 2 N–H and O–H groups in total. The second-order valence-corrected chi connectivity index (χ2v) is 8.17. The zero-order chi connectivity index (χ0) is 23.4. The molecule has 1 saturated heterocycles. The van der Waals surface area contributed by atoms with E-state index in [4.69, 9.17) is 16.0 Å². The Morgan fingerprint density at radius 1 is 1.12 bits per heavy atom. The molecule has 0 atom stereocenters. The van der Waals surface area contributed by atoms with Crippen LogP contribution in [0.1, 0.15) is 35.4 Å². The van der Waals surface area contributed by atoms with Gasteiger partial charge in [-0.05, 0) is 38.4 Å². The number of carbonyl (C=O) groups is 1. The van der Waals surface area contributed by atoms with Crippen molar-refractivity contribution in [2.45, 2.75) is 27.2 Å². The molecule has 0 radical (unpaired) electrons. The van der Waals surface area contributed by atoms with Crippen LogP contribution in [0.15, 0.2) is 22.6 Å².